The summed E-state index contributed by atoms with van der Waals surface area (Å²) >= 11 is 0. The summed E-state index contributed by atoms with van der Waals surface area (Å²) in [7, 11) is 0. The fourth-order valence-electron chi connectivity index (χ4n) is 2.72. The van der Waals surface area contributed by atoms with Crippen LogP contribution in [0.1, 0.15) is 19.8 Å². The van der Waals surface area contributed by atoms with E-state index in [0.29, 0.717) is 19.1 Å². The minimum Gasteiger partial charge on any atom is -0.379 e. The second kappa shape index (κ2) is 6.50. The molecule has 2 rings (SSSR count). The molecular formula is C13H25N3O2. The Hall–Kier alpha value is -0.650. The van der Waals surface area contributed by atoms with E-state index >= 15 is 0 Å². The van der Waals surface area contributed by atoms with E-state index in [-0.39, 0.29) is 17.9 Å². The summed E-state index contributed by atoms with van der Waals surface area (Å²) in [6, 6.07) is -0.132. The average molecular weight is 255 g/mol. The lowest BCUT2D eigenvalue weighted by atomic mass is 9.96. The molecule has 18 heavy (non-hydrogen) atoms. The van der Waals surface area contributed by atoms with Crippen molar-refractivity contribution in [2.45, 2.75) is 25.8 Å². The molecule has 2 fully saturated rings. The van der Waals surface area contributed by atoms with Crippen LogP contribution in [0.3, 0.4) is 0 Å². The second-order valence-electron chi connectivity index (χ2n) is 5.43. The highest BCUT2D eigenvalue weighted by Gasteiger charge is 2.31. The highest BCUT2D eigenvalue weighted by Crippen LogP contribution is 2.17. The number of hydrogen-bond acceptors (Lipinski definition) is 4. The number of hydrogen-bond donors (Lipinski definition) is 2. The van der Waals surface area contributed by atoms with Gasteiger partial charge in [0, 0.05) is 12.6 Å². The minimum atomic E-state index is -0.152. The molecule has 5 nitrogen and oxygen atoms in total. The van der Waals surface area contributed by atoms with Crippen molar-refractivity contribution in [1.29, 1.82) is 0 Å². The van der Waals surface area contributed by atoms with Crippen molar-refractivity contribution in [2.75, 3.05) is 39.4 Å². The van der Waals surface area contributed by atoms with Crippen LogP contribution in [0.25, 0.3) is 0 Å². The summed E-state index contributed by atoms with van der Waals surface area (Å²) in [4.78, 5) is 14.4. The number of ether oxygens (including phenoxy) is 1. The van der Waals surface area contributed by atoms with Crippen molar-refractivity contribution < 1.29 is 9.53 Å². The molecule has 1 amide bonds. The first-order chi connectivity index (χ1) is 8.70. The molecule has 0 aromatic heterocycles. The third-order valence-corrected chi connectivity index (χ3v) is 4.18. The zero-order valence-corrected chi connectivity index (χ0v) is 11.2. The second-order valence-corrected chi connectivity index (χ2v) is 5.43. The highest BCUT2D eigenvalue weighted by atomic mass is 16.5. The lowest BCUT2D eigenvalue weighted by molar-refractivity contribution is -0.125. The normalized spacial score (nSPS) is 30.6. The summed E-state index contributed by atoms with van der Waals surface area (Å²) in [6.45, 7) is 7.41. The fourth-order valence-corrected chi connectivity index (χ4v) is 2.72. The molecule has 2 aliphatic heterocycles. The molecule has 2 atom stereocenters. The molecule has 2 saturated heterocycles. The van der Waals surface area contributed by atoms with E-state index < -0.39 is 0 Å². The topological polar surface area (TPSA) is 67.6 Å². The Balaban J connectivity index is 1.67. The van der Waals surface area contributed by atoms with Gasteiger partial charge in [-0.25, -0.2) is 0 Å². The fraction of sp³-hybridized carbons (Fsp3) is 0.923. The molecule has 0 saturated carbocycles. The molecule has 0 bridgehead atoms. The molecule has 0 aromatic rings. The Kier molecular flexibility index (Phi) is 4.97. The maximum Gasteiger partial charge on any atom is 0.227 e. The first-order valence-corrected chi connectivity index (χ1v) is 7.04. The van der Waals surface area contributed by atoms with Crippen molar-refractivity contribution in [2.24, 2.45) is 17.6 Å². The van der Waals surface area contributed by atoms with E-state index in [2.05, 4.69) is 17.1 Å². The smallest absolute Gasteiger partial charge is 0.227 e. The maximum atomic E-state index is 11.9. The van der Waals surface area contributed by atoms with Gasteiger partial charge in [-0.15, -0.1) is 0 Å². The summed E-state index contributed by atoms with van der Waals surface area (Å²) < 4.78 is 5.22. The molecule has 2 aliphatic rings. The van der Waals surface area contributed by atoms with Crippen LogP contribution >= 0.6 is 0 Å². The van der Waals surface area contributed by atoms with Crippen molar-refractivity contribution in [3.63, 3.8) is 0 Å². The number of carbonyl (C=O) groups excluding carboxylic acids is 1. The van der Waals surface area contributed by atoms with Crippen molar-refractivity contribution in [1.82, 2.24) is 10.2 Å². The van der Waals surface area contributed by atoms with Gasteiger partial charge in [0.25, 0.3) is 0 Å². The zero-order valence-electron chi connectivity index (χ0n) is 11.2. The van der Waals surface area contributed by atoms with E-state index in [1.54, 1.807) is 0 Å². The van der Waals surface area contributed by atoms with Gasteiger partial charge in [-0.3, -0.25) is 4.79 Å². The molecule has 0 spiro atoms. The number of nitrogens with zero attached hydrogens (tertiary/aromatic N) is 1. The van der Waals surface area contributed by atoms with Crippen LogP contribution in [0, 0.1) is 11.8 Å². The first kappa shape index (κ1) is 13.8. The van der Waals surface area contributed by atoms with Gasteiger partial charge in [0.2, 0.25) is 5.91 Å². The Morgan fingerprint density at radius 2 is 2.11 bits per heavy atom. The van der Waals surface area contributed by atoms with E-state index in [1.165, 1.54) is 12.8 Å². The maximum absolute atomic E-state index is 11.9. The first-order valence-electron chi connectivity index (χ1n) is 7.04. The van der Waals surface area contributed by atoms with E-state index in [9.17, 15) is 4.79 Å². The lowest BCUT2D eigenvalue weighted by Gasteiger charge is -2.31. The van der Waals surface area contributed by atoms with Gasteiger partial charge in [0.05, 0.1) is 19.1 Å². The van der Waals surface area contributed by atoms with Gasteiger partial charge in [0.15, 0.2) is 0 Å². The van der Waals surface area contributed by atoms with Crippen LogP contribution in [0.4, 0.5) is 0 Å². The van der Waals surface area contributed by atoms with Gasteiger partial charge >= 0.3 is 0 Å². The minimum absolute atomic E-state index is 0.0675. The van der Waals surface area contributed by atoms with Crippen LogP contribution in [0.5, 0.6) is 0 Å². The molecular weight excluding hydrogens is 230 g/mol. The summed E-state index contributed by atoms with van der Waals surface area (Å²) in [5.41, 5.74) is 5.83. The van der Waals surface area contributed by atoms with Crippen molar-refractivity contribution >= 4 is 5.91 Å². The largest absolute Gasteiger partial charge is 0.379 e. The standard InChI is InChI=1S/C13H25N3O2/c1-2-16-5-3-10(4-6-16)7-15-13(17)11-8-18-9-12(11)14/h10-12H,2-9,14H2,1H3,(H,15,17). The Labute approximate surface area is 109 Å². The number of carbonyl (C=O) groups is 1. The van der Waals surface area contributed by atoms with E-state index in [0.717, 1.165) is 26.2 Å². The van der Waals surface area contributed by atoms with Gasteiger partial charge < -0.3 is 20.7 Å². The monoisotopic (exact) mass is 255 g/mol. The number of amides is 1. The SMILES string of the molecule is CCN1CCC(CNC(=O)C2COCC2N)CC1. The van der Waals surface area contributed by atoms with Crippen LogP contribution in [0.15, 0.2) is 0 Å². The zero-order chi connectivity index (χ0) is 13.0. The van der Waals surface area contributed by atoms with Crippen molar-refractivity contribution in [3.8, 4) is 0 Å². The highest BCUT2D eigenvalue weighted by molar-refractivity contribution is 5.79. The molecule has 0 aromatic carbocycles. The Bertz CT molecular complexity index is 277. The Morgan fingerprint density at radius 3 is 2.67 bits per heavy atom. The molecule has 2 unspecified atom stereocenters. The van der Waals surface area contributed by atoms with Crippen LogP contribution in [-0.4, -0.2) is 56.2 Å². The van der Waals surface area contributed by atoms with Crippen LogP contribution in [0.2, 0.25) is 0 Å². The van der Waals surface area contributed by atoms with Crippen LogP contribution < -0.4 is 11.1 Å². The molecule has 2 heterocycles. The van der Waals surface area contributed by atoms with Gasteiger partial charge in [-0.1, -0.05) is 6.92 Å². The van der Waals surface area contributed by atoms with E-state index in [1.807, 2.05) is 0 Å². The molecule has 3 N–H and O–H groups in total. The summed E-state index contributed by atoms with van der Waals surface area (Å²) in [5, 5.41) is 3.04. The number of piperidine rings is 1. The number of nitrogens with one attached hydrogen (secondary N) is 1. The quantitative estimate of drug-likeness (QED) is 0.730. The number of nitrogens with two attached hydrogens (primary N) is 1. The Morgan fingerprint density at radius 1 is 1.39 bits per heavy atom. The average Bonchev–Trinajstić information content (AvgIpc) is 2.83. The molecule has 0 aliphatic carbocycles. The molecule has 104 valence electrons. The van der Waals surface area contributed by atoms with Crippen LogP contribution in [-0.2, 0) is 9.53 Å². The van der Waals surface area contributed by atoms with Gasteiger partial charge in [0.1, 0.15) is 0 Å². The lowest BCUT2D eigenvalue weighted by Crippen LogP contribution is -2.44. The summed E-state index contributed by atoms with van der Waals surface area (Å²) in [5.74, 6) is 0.536. The van der Waals surface area contributed by atoms with Gasteiger partial charge in [-0.2, -0.15) is 0 Å². The predicted octanol–water partition coefficient (Wildman–Crippen LogP) is -0.192. The number of likely N-dealkylation sites (tertiary alicyclic amines) is 1. The third kappa shape index (κ3) is 3.43. The molecule has 5 heteroatoms. The predicted molar refractivity (Wildman–Crippen MR) is 70.1 cm³/mol. The molecule has 0 radical (unpaired) electrons. The van der Waals surface area contributed by atoms with Crippen molar-refractivity contribution in [3.05, 3.63) is 0 Å². The summed E-state index contributed by atoms with van der Waals surface area (Å²) in [6.07, 6.45) is 2.36. The van der Waals surface area contributed by atoms with E-state index in [4.69, 9.17) is 10.5 Å². The van der Waals surface area contributed by atoms with Gasteiger partial charge in [-0.05, 0) is 38.4 Å². The third-order valence-electron chi connectivity index (χ3n) is 4.18. The number of rotatable bonds is 4.